The maximum absolute atomic E-state index is 13.7. The Bertz CT molecular complexity index is 894. The normalized spacial score (nSPS) is 16.7. The van der Waals surface area contributed by atoms with E-state index in [0.717, 1.165) is 29.9 Å². The highest BCUT2D eigenvalue weighted by molar-refractivity contribution is 6.01. The van der Waals surface area contributed by atoms with E-state index in [0.29, 0.717) is 13.2 Å². The molecule has 1 aliphatic rings. The second-order valence-corrected chi connectivity index (χ2v) is 7.22. The number of anilines is 1. The zero-order chi connectivity index (χ0) is 19.9. The fourth-order valence-corrected chi connectivity index (χ4v) is 3.88. The molecule has 1 N–H and O–H groups in total. The van der Waals surface area contributed by atoms with E-state index in [1.54, 1.807) is 0 Å². The van der Waals surface area contributed by atoms with E-state index >= 15 is 0 Å². The zero-order valence-electron chi connectivity index (χ0n) is 16.4. The molecule has 0 radical (unpaired) electrons. The Morgan fingerprint density at radius 3 is 1.97 bits per heavy atom. The molecule has 1 aliphatic heterocycles. The second-order valence-electron chi connectivity index (χ2n) is 7.22. The Morgan fingerprint density at radius 1 is 0.793 bits per heavy atom. The van der Waals surface area contributed by atoms with Crippen LogP contribution in [0, 0.1) is 0 Å². The van der Waals surface area contributed by atoms with Gasteiger partial charge in [0.05, 0.1) is 25.3 Å². The van der Waals surface area contributed by atoms with Gasteiger partial charge in [0.2, 0.25) is 0 Å². The topological polar surface area (TPSA) is 41.6 Å². The van der Waals surface area contributed by atoms with Crippen molar-refractivity contribution in [3.8, 4) is 0 Å². The molecule has 4 rings (SSSR count). The smallest absolute Gasteiger partial charge is 0.182 e. The molecule has 29 heavy (non-hydrogen) atoms. The van der Waals surface area contributed by atoms with Crippen molar-refractivity contribution in [2.75, 3.05) is 31.6 Å². The van der Waals surface area contributed by atoms with Crippen molar-refractivity contribution in [3.63, 3.8) is 0 Å². The van der Waals surface area contributed by atoms with Crippen LogP contribution in [0.25, 0.3) is 0 Å². The van der Waals surface area contributed by atoms with Crippen molar-refractivity contribution < 1.29 is 9.53 Å². The Balaban J connectivity index is 1.75. The van der Waals surface area contributed by atoms with Gasteiger partial charge in [-0.1, -0.05) is 78.9 Å². The summed E-state index contributed by atoms with van der Waals surface area (Å²) in [5.74, 6) is 0.129. The summed E-state index contributed by atoms with van der Waals surface area (Å²) in [6.45, 7) is 2.77. The van der Waals surface area contributed by atoms with Crippen molar-refractivity contribution in [1.29, 1.82) is 0 Å². The van der Waals surface area contributed by atoms with E-state index in [2.05, 4.69) is 22.3 Å². The summed E-state index contributed by atoms with van der Waals surface area (Å²) in [6.07, 6.45) is 0. The van der Waals surface area contributed by atoms with Crippen LogP contribution in [0.15, 0.2) is 91.0 Å². The third kappa shape index (κ3) is 4.73. The highest BCUT2D eigenvalue weighted by atomic mass is 16.5. The fourth-order valence-electron chi connectivity index (χ4n) is 3.88. The predicted octanol–water partition coefficient (Wildman–Crippen LogP) is 4.42. The van der Waals surface area contributed by atoms with E-state index in [9.17, 15) is 4.79 Å². The van der Waals surface area contributed by atoms with Crippen LogP contribution in [0.1, 0.15) is 22.0 Å². The molecule has 0 amide bonds. The molecule has 1 saturated heterocycles. The molecule has 0 unspecified atom stereocenters. The molecular formula is C25H26N2O2. The third-order valence-corrected chi connectivity index (χ3v) is 5.34. The van der Waals surface area contributed by atoms with E-state index in [1.165, 1.54) is 0 Å². The predicted molar refractivity (Wildman–Crippen MR) is 116 cm³/mol. The minimum absolute atomic E-state index is 0.129. The SMILES string of the molecule is O=C(c1ccccc1)[C@H]([C@H](Nc1ccccc1)c1ccccc1)N1CCOCC1. The lowest BCUT2D eigenvalue weighted by Gasteiger charge is -2.39. The molecule has 3 aromatic carbocycles. The number of hydrogen-bond donors (Lipinski definition) is 1. The van der Waals surface area contributed by atoms with Gasteiger partial charge in [0, 0.05) is 24.3 Å². The molecule has 1 fully saturated rings. The molecule has 0 aromatic heterocycles. The van der Waals surface area contributed by atoms with Gasteiger partial charge in [-0.05, 0) is 17.7 Å². The van der Waals surface area contributed by atoms with E-state index in [1.807, 2.05) is 78.9 Å². The van der Waals surface area contributed by atoms with Crippen LogP contribution in [-0.4, -0.2) is 43.0 Å². The number of carbonyl (C=O) groups is 1. The quantitative estimate of drug-likeness (QED) is 0.610. The largest absolute Gasteiger partial charge is 0.379 e. The van der Waals surface area contributed by atoms with Crippen LogP contribution in [0.5, 0.6) is 0 Å². The first kappa shape index (κ1) is 19.4. The molecule has 148 valence electrons. The minimum Gasteiger partial charge on any atom is -0.379 e. The summed E-state index contributed by atoms with van der Waals surface area (Å²) in [6, 6.07) is 29.4. The number of ether oxygens (including phenoxy) is 1. The Kier molecular flexibility index (Phi) is 6.35. The van der Waals surface area contributed by atoms with Crippen molar-refractivity contribution in [2.45, 2.75) is 12.1 Å². The first-order valence-electron chi connectivity index (χ1n) is 10.1. The fraction of sp³-hybridized carbons (Fsp3) is 0.240. The molecular weight excluding hydrogens is 360 g/mol. The Morgan fingerprint density at radius 2 is 1.34 bits per heavy atom. The number of ketones is 1. The molecule has 4 heteroatoms. The van der Waals surface area contributed by atoms with Crippen LogP contribution >= 0.6 is 0 Å². The summed E-state index contributed by atoms with van der Waals surface area (Å²) in [7, 11) is 0. The van der Waals surface area contributed by atoms with Gasteiger partial charge in [-0.25, -0.2) is 0 Å². The van der Waals surface area contributed by atoms with Gasteiger partial charge in [-0.2, -0.15) is 0 Å². The average Bonchev–Trinajstić information content (AvgIpc) is 2.81. The van der Waals surface area contributed by atoms with E-state index in [4.69, 9.17) is 4.74 Å². The summed E-state index contributed by atoms with van der Waals surface area (Å²) in [4.78, 5) is 16.0. The highest BCUT2D eigenvalue weighted by Gasteiger charge is 2.36. The Hall–Kier alpha value is -2.95. The van der Waals surface area contributed by atoms with Gasteiger partial charge in [-0.3, -0.25) is 9.69 Å². The summed E-state index contributed by atoms with van der Waals surface area (Å²) in [5.41, 5.74) is 2.83. The lowest BCUT2D eigenvalue weighted by Crippen LogP contribution is -2.52. The second kappa shape index (κ2) is 9.50. The van der Waals surface area contributed by atoms with Gasteiger partial charge in [0.25, 0.3) is 0 Å². The standard InChI is InChI=1S/C25H26N2O2/c28-25(21-12-6-2-7-13-21)24(27-16-18-29-19-17-27)23(20-10-4-1-5-11-20)26-22-14-8-3-9-15-22/h1-15,23-24,26H,16-19H2/t23-,24+/m1/s1. The maximum Gasteiger partial charge on any atom is 0.182 e. The van der Waals surface area contributed by atoms with E-state index < -0.39 is 0 Å². The summed E-state index contributed by atoms with van der Waals surface area (Å²) in [5, 5.41) is 3.64. The molecule has 4 nitrogen and oxygen atoms in total. The number of Topliss-reactive ketones (excluding diaryl/α,β-unsaturated/α-hetero) is 1. The maximum atomic E-state index is 13.7. The van der Waals surface area contributed by atoms with E-state index in [-0.39, 0.29) is 17.9 Å². The molecule has 0 spiro atoms. The minimum atomic E-state index is -0.330. The van der Waals surface area contributed by atoms with Crippen molar-refractivity contribution in [1.82, 2.24) is 4.90 Å². The highest BCUT2D eigenvalue weighted by Crippen LogP contribution is 2.29. The molecule has 0 aliphatic carbocycles. The zero-order valence-corrected chi connectivity index (χ0v) is 16.4. The van der Waals surface area contributed by atoms with Crippen LogP contribution in [-0.2, 0) is 4.74 Å². The Labute approximate surface area is 172 Å². The van der Waals surface area contributed by atoms with Gasteiger partial charge in [-0.15, -0.1) is 0 Å². The van der Waals surface area contributed by atoms with Crippen molar-refractivity contribution >= 4 is 11.5 Å². The number of morpholine rings is 1. The number of nitrogens with one attached hydrogen (secondary N) is 1. The number of carbonyl (C=O) groups excluding carboxylic acids is 1. The molecule has 3 aromatic rings. The van der Waals surface area contributed by atoms with Gasteiger partial charge in [0.1, 0.15) is 0 Å². The first-order chi connectivity index (χ1) is 14.3. The van der Waals surface area contributed by atoms with Crippen molar-refractivity contribution in [3.05, 3.63) is 102 Å². The molecule has 2 atom stereocenters. The number of nitrogens with zero attached hydrogens (tertiary/aromatic N) is 1. The van der Waals surface area contributed by atoms with Crippen LogP contribution in [0.4, 0.5) is 5.69 Å². The molecule has 0 saturated carbocycles. The summed E-state index contributed by atoms with van der Waals surface area (Å²) >= 11 is 0. The lowest BCUT2D eigenvalue weighted by molar-refractivity contribution is 0.0140. The van der Waals surface area contributed by atoms with Gasteiger partial charge >= 0.3 is 0 Å². The number of benzene rings is 3. The molecule has 0 bridgehead atoms. The van der Waals surface area contributed by atoms with Crippen LogP contribution in [0.3, 0.4) is 0 Å². The average molecular weight is 386 g/mol. The summed E-state index contributed by atoms with van der Waals surface area (Å²) < 4.78 is 5.57. The van der Waals surface area contributed by atoms with Crippen LogP contribution < -0.4 is 5.32 Å². The third-order valence-electron chi connectivity index (χ3n) is 5.34. The van der Waals surface area contributed by atoms with Gasteiger partial charge in [0.15, 0.2) is 5.78 Å². The van der Waals surface area contributed by atoms with Crippen molar-refractivity contribution in [2.24, 2.45) is 0 Å². The number of rotatable bonds is 7. The number of para-hydroxylation sites is 1. The van der Waals surface area contributed by atoms with Gasteiger partial charge < -0.3 is 10.1 Å². The number of hydrogen-bond acceptors (Lipinski definition) is 4. The monoisotopic (exact) mass is 386 g/mol. The lowest BCUT2D eigenvalue weighted by atomic mass is 9.90. The first-order valence-corrected chi connectivity index (χ1v) is 10.1. The molecule has 1 heterocycles. The van der Waals surface area contributed by atoms with Crippen LogP contribution in [0.2, 0.25) is 0 Å².